The van der Waals surface area contributed by atoms with Crippen LogP contribution in [0.4, 0.5) is 4.39 Å². The number of hydrogen-bond donors (Lipinski definition) is 1. The molecule has 3 heteroatoms. The molecule has 0 aromatic heterocycles. The highest BCUT2D eigenvalue weighted by atomic mass is 19.1. The van der Waals surface area contributed by atoms with Gasteiger partial charge in [-0.1, -0.05) is 12.1 Å². The van der Waals surface area contributed by atoms with Crippen LogP contribution in [0.1, 0.15) is 36.8 Å². The number of aryl methyl sites for hydroxylation is 1. The molecular formula is C15H22FNO. The van der Waals surface area contributed by atoms with Crippen molar-refractivity contribution in [3.8, 4) is 0 Å². The first kappa shape index (κ1) is 13.5. The topological polar surface area (TPSA) is 23.5 Å². The molecule has 1 N–H and O–H groups in total. The zero-order chi connectivity index (χ0) is 13.0. The maximum Gasteiger partial charge on any atom is 0.126 e. The van der Waals surface area contributed by atoms with Crippen molar-refractivity contribution >= 4 is 0 Å². The lowest BCUT2D eigenvalue weighted by atomic mass is 10.1. The Morgan fingerprint density at radius 1 is 1.33 bits per heavy atom. The molecule has 0 unspecified atom stereocenters. The highest BCUT2D eigenvalue weighted by Gasteiger charge is 2.28. The van der Waals surface area contributed by atoms with E-state index in [1.807, 2.05) is 19.1 Å². The summed E-state index contributed by atoms with van der Waals surface area (Å²) in [6, 6.07) is 6.08. The smallest absolute Gasteiger partial charge is 0.126 e. The summed E-state index contributed by atoms with van der Waals surface area (Å²) in [5.41, 5.74) is 1.91. The molecule has 1 aliphatic carbocycles. The minimum Gasteiger partial charge on any atom is -0.396 e. The van der Waals surface area contributed by atoms with Crippen LogP contribution in [0, 0.1) is 12.7 Å². The van der Waals surface area contributed by atoms with Crippen molar-refractivity contribution in [1.29, 1.82) is 0 Å². The number of aliphatic hydroxyl groups excluding tert-OH is 1. The Labute approximate surface area is 108 Å². The van der Waals surface area contributed by atoms with Gasteiger partial charge in [0.05, 0.1) is 0 Å². The number of aliphatic hydroxyl groups is 1. The fourth-order valence-corrected chi connectivity index (χ4v) is 2.30. The molecule has 1 aliphatic rings. The molecule has 0 saturated heterocycles. The molecule has 0 aliphatic heterocycles. The number of rotatable bonds is 7. The lowest BCUT2D eigenvalue weighted by molar-refractivity contribution is 0.228. The second-order valence-electron chi connectivity index (χ2n) is 5.22. The van der Waals surface area contributed by atoms with Crippen LogP contribution in [0.25, 0.3) is 0 Å². The average Bonchev–Trinajstić information content (AvgIpc) is 3.17. The second-order valence-corrected chi connectivity index (χ2v) is 5.22. The maximum absolute atomic E-state index is 13.2. The molecule has 1 fully saturated rings. The van der Waals surface area contributed by atoms with Crippen molar-refractivity contribution < 1.29 is 9.50 Å². The molecule has 0 heterocycles. The molecule has 0 bridgehead atoms. The highest BCUT2D eigenvalue weighted by molar-refractivity contribution is 5.24. The van der Waals surface area contributed by atoms with Crippen molar-refractivity contribution in [2.75, 3.05) is 13.2 Å². The minimum absolute atomic E-state index is 0.128. The van der Waals surface area contributed by atoms with Crippen LogP contribution in [0.3, 0.4) is 0 Å². The normalized spacial score (nSPS) is 15.3. The fourth-order valence-electron chi connectivity index (χ4n) is 2.30. The van der Waals surface area contributed by atoms with Gasteiger partial charge in [0, 0.05) is 19.2 Å². The van der Waals surface area contributed by atoms with E-state index in [-0.39, 0.29) is 12.4 Å². The van der Waals surface area contributed by atoms with Crippen molar-refractivity contribution in [2.24, 2.45) is 0 Å². The second kappa shape index (κ2) is 6.30. The molecule has 1 saturated carbocycles. The van der Waals surface area contributed by atoms with Gasteiger partial charge in [0.15, 0.2) is 0 Å². The maximum atomic E-state index is 13.2. The zero-order valence-corrected chi connectivity index (χ0v) is 11.0. The minimum atomic E-state index is -0.128. The number of benzene rings is 1. The molecule has 2 nitrogen and oxygen atoms in total. The summed E-state index contributed by atoms with van der Waals surface area (Å²) in [7, 11) is 0. The molecule has 0 atom stereocenters. The van der Waals surface area contributed by atoms with Gasteiger partial charge in [-0.15, -0.1) is 0 Å². The number of unbranched alkanes of at least 4 members (excludes halogenated alkanes) is 1. The lowest BCUT2D eigenvalue weighted by Gasteiger charge is -2.22. The summed E-state index contributed by atoms with van der Waals surface area (Å²) >= 11 is 0. The van der Waals surface area contributed by atoms with Crippen molar-refractivity contribution in [2.45, 2.75) is 45.2 Å². The molecular weight excluding hydrogens is 229 g/mol. The monoisotopic (exact) mass is 251 g/mol. The Hall–Kier alpha value is -0.930. The number of nitrogens with zero attached hydrogens (tertiary/aromatic N) is 1. The van der Waals surface area contributed by atoms with Gasteiger partial charge in [-0.25, -0.2) is 4.39 Å². The van der Waals surface area contributed by atoms with Gasteiger partial charge in [-0.2, -0.15) is 0 Å². The van der Waals surface area contributed by atoms with Gasteiger partial charge >= 0.3 is 0 Å². The summed E-state index contributed by atoms with van der Waals surface area (Å²) < 4.78 is 13.2. The molecule has 2 rings (SSSR count). The van der Waals surface area contributed by atoms with E-state index in [0.29, 0.717) is 6.04 Å². The Kier molecular flexibility index (Phi) is 4.72. The van der Waals surface area contributed by atoms with Crippen LogP contribution in [0.5, 0.6) is 0 Å². The summed E-state index contributed by atoms with van der Waals surface area (Å²) in [6.45, 7) is 4.01. The molecule has 0 spiro atoms. The van der Waals surface area contributed by atoms with Crippen LogP contribution in [0.2, 0.25) is 0 Å². The largest absolute Gasteiger partial charge is 0.396 e. The van der Waals surface area contributed by atoms with E-state index in [9.17, 15) is 4.39 Å². The predicted octanol–water partition coefficient (Wildman–Crippen LogP) is 2.87. The Balaban J connectivity index is 1.92. The van der Waals surface area contributed by atoms with Gasteiger partial charge in [0.25, 0.3) is 0 Å². The highest BCUT2D eigenvalue weighted by Crippen LogP contribution is 2.28. The van der Waals surface area contributed by atoms with Gasteiger partial charge < -0.3 is 5.11 Å². The Morgan fingerprint density at radius 3 is 2.72 bits per heavy atom. The van der Waals surface area contributed by atoms with Crippen LogP contribution in [-0.2, 0) is 6.54 Å². The first-order valence-electron chi connectivity index (χ1n) is 6.80. The summed E-state index contributed by atoms with van der Waals surface area (Å²) in [6.07, 6.45) is 4.46. The van der Waals surface area contributed by atoms with Crippen LogP contribution in [-0.4, -0.2) is 29.2 Å². The molecule has 0 amide bonds. The lowest BCUT2D eigenvalue weighted by Crippen LogP contribution is -2.27. The first-order valence-corrected chi connectivity index (χ1v) is 6.80. The van der Waals surface area contributed by atoms with E-state index in [0.717, 1.165) is 31.5 Å². The van der Waals surface area contributed by atoms with Gasteiger partial charge in [0.1, 0.15) is 5.82 Å². The van der Waals surface area contributed by atoms with Gasteiger partial charge in [-0.3, -0.25) is 4.90 Å². The predicted molar refractivity (Wildman–Crippen MR) is 70.9 cm³/mol. The van der Waals surface area contributed by atoms with E-state index in [1.54, 1.807) is 6.07 Å². The van der Waals surface area contributed by atoms with Crippen molar-refractivity contribution in [3.63, 3.8) is 0 Å². The third-order valence-corrected chi connectivity index (χ3v) is 3.52. The average molecular weight is 251 g/mol. The third kappa shape index (κ3) is 3.79. The standard InChI is InChI=1S/C15H22FNO/c1-12-10-13(4-7-15(12)16)11-17(14-5-6-14)8-2-3-9-18/h4,7,10,14,18H,2-3,5-6,8-9,11H2,1H3. The van der Waals surface area contributed by atoms with E-state index < -0.39 is 0 Å². The summed E-state index contributed by atoms with van der Waals surface area (Å²) in [5, 5.41) is 8.83. The Morgan fingerprint density at radius 2 is 2.11 bits per heavy atom. The van der Waals surface area contributed by atoms with Crippen LogP contribution in [0.15, 0.2) is 18.2 Å². The van der Waals surface area contributed by atoms with E-state index in [2.05, 4.69) is 4.90 Å². The van der Waals surface area contributed by atoms with Crippen LogP contribution >= 0.6 is 0 Å². The van der Waals surface area contributed by atoms with E-state index in [4.69, 9.17) is 5.11 Å². The molecule has 0 radical (unpaired) electrons. The molecule has 18 heavy (non-hydrogen) atoms. The van der Waals surface area contributed by atoms with Crippen molar-refractivity contribution in [3.05, 3.63) is 35.1 Å². The SMILES string of the molecule is Cc1cc(CN(CCCCO)C2CC2)ccc1F. The van der Waals surface area contributed by atoms with E-state index >= 15 is 0 Å². The summed E-state index contributed by atoms with van der Waals surface area (Å²) in [5.74, 6) is -0.128. The van der Waals surface area contributed by atoms with Crippen LogP contribution < -0.4 is 0 Å². The molecule has 100 valence electrons. The molecule has 1 aromatic rings. The van der Waals surface area contributed by atoms with Gasteiger partial charge in [-0.05, 0) is 56.3 Å². The number of hydrogen-bond acceptors (Lipinski definition) is 2. The Bertz CT molecular complexity index is 390. The summed E-state index contributed by atoms with van der Waals surface area (Å²) in [4.78, 5) is 2.46. The van der Waals surface area contributed by atoms with Gasteiger partial charge in [0.2, 0.25) is 0 Å². The molecule has 1 aromatic carbocycles. The van der Waals surface area contributed by atoms with Crippen molar-refractivity contribution in [1.82, 2.24) is 4.90 Å². The number of halogens is 1. The first-order chi connectivity index (χ1) is 8.70. The quantitative estimate of drug-likeness (QED) is 0.753. The zero-order valence-electron chi connectivity index (χ0n) is 11.0. The fraction of sp³-hybridized carbons (Fsp3) is 0.600. The van der Waals surface area contributed by atoms with E-state index in [1.165, 1.54) is 18.4 Å². The third-order valence-electron chi connectivity index (χ3n) is 3.52.